The van der Waals surface area contributed by atoms with Crippen LogP contribution in [0.4, 0.5) is 5.69 Å². The average Bonchev–Trinajstić information content (AvgIpc) is 3.06. The predicted octanol–water partition coefficient (Wildman–Crippen LogP) is 2.49. The van der Waals surface area contributed by atoms with E-state index in [2.05, 4.69) is 5.10 Å². The molecule has 1 saturated heterocycles. The van der Waals surface area contributed by atoms with Crippen LogP contribution in [-0.2, 0) is 27.9 Å². The number of carbonyl (C=O) groups is 1. The van der Waals surface area contributed by atoms with Crippen molar-refractivity contribution < 1.29 is 18.1 Å². The number of aromatic nitrogens is 2. The van der Waals surface area contributed by atoms with Gasteiger partial charge in [-0.2, -0.15) is 9.40 Å². The molecule has 32 heavy (non-hydrogen) atoms. The largest absolute Gasteiger partial charge is 0.341 e. The maximum Gasteiger partial charge on any atom is 0.269 e. The van der Waals surface area contributed by atoms with Crippen molar-refractivity contribution in [1.29, 1.82) is 0 Å². The lowest BCUT2D eigenvalue weighted by Crippen LogP contribution is -2.43. The summed E-state index contributed by atoms with van der Waals surface area (Å²) in [6.07, 6.45) is 0.864. The molecule has 0 atom stereocenters. The first kappa shape index (κ1) is 23.9. The Bertz CT molecular complexity index is 1100. The predicted molar refractivity (Wildman–Crippen MR) is 118 cm³/mol. The normalized spacial score (nSPS) is 15.6. The molecule has 0 aliphatic carbocycles. The van der Waals surface area contributed by atoms with Crippen LogP contribution in [0.1, 0.15) is 36.7 Å². The third kappa shape index (κ3) is 4.68. The molecule has 174 valence electrons. The van der Waals surface area contributed by atoms with Crippen molar-refractivity contribution in [2.45, 2.75) is 51.6 Å². The minimum absolute atomic E-state index is 0.000400. The molecule has 1 amide bonds. The zero-order valence-corrected chi connectivity index (χ0v) is 19.6. The number of carbonyl (C=O) groups excluding carboxylic acids is 1. The number of benzene rings is 1. The molecule has 1 aliphatic heterocycles. The molecular weight excluding hydrogens is 434 g/mol. The number of nitro benzene ring substituents is 1. The lowest BCUT2D eigenvalue weighted by Gasteiger charge is -2.32. The number of piperidine rings is 1. The summed E-state index contributed by atoms with van der Waals surface area (Å²) in [5.74, 6) is -0.245. The van der Waals surface area contributed by atoms with Crippen LogP contribution >= 0.6 is 0 Å². The fourth-order valence-corrected chi connectivity index (χ4v) is 5.60. The quantitative estimate of drug-likeness (QED) is 0.460. The van der Waals surface area contributed by atoms with Crippen molar-refractivity contribution in [1.82, 2.24) is 19.0 Å². The summed E-state index contributed by atoms with van der Waals surface area (Å²) in [5.41, 5.74) is 2.84. The van der Waals surface area contributed by atoms with E-state index >= 15 is 0 Å². The number of rotatable bonds is 7. The summed E-state index contributed by atoms with van der Waals surface area (Å²) >= 11 is 0. The lowest BCUT2D eigenvalue weighted by atomic mass is 9.96. The minimum Gasteiger partial charge on any atom is -0.341 e. The second-order valence-electron chi connectivity index (χ2n) is 8.09. The summed E-state index contributed by atoms with van der Waals surface area (Å²) in [4.78, 5) is 24.9. The smallest absolute Gasteiger partial charge is 0.269 e. The Balaban J connectivity index is 1.62. The van der Waals surface area contributed by atoms with Gasteiger partial charge in [0.15, 0.2) is 0 Å². The van der Waals surface area contributed by atoms with E-state index in [0.717, 1.165) is 23.5 Å². The van der Waals surface area contributed by atoms with E-state index in [0.29, 0.717) is 19.4 Å². The molecule has 0 N–H and O–H groups in total. The SMILES string of the molecule is CCn1nc(C)c(CN(C)C(=O)C2CCN(S(=O)(=O)c3ccc([N+](=O)[O-])cc3)CC2)c1C. The van der Waals surface area contributed by atoms with Crippen LogP contribution in [0.2, 0.25) is 0 Å². The molecule has 11 heteroatoms. The van der Waals surface area contributed by atoms with Crippen molar-refractivity contribution in [3.05, 3.63) is 51.3 Å². The summed E-state index contributed by atoms with van der Waals surface area (Å²) in [5, 5.41) is 15.3. The van der Waals surface area contributed by atoms with Gasteiger partial charge in [-0.15, -0.1) is 0 Å². The highest BCUT2D eigenvalue weighted by molar-refractivity contribution is 7.89. The standard InChI is InChI=1S/C21H29N5O5S/c1-5-25-16(3)20(15(2)22-25)14-23(4)21(27)17-10-12-24(13-11-17)32(30,31)19-8-6-18(7-9-19)26(28)29/h6-9,17H,5,10-14H2,1-4H3. The lowest BCUT2D eigenvalue weighted by molar-refractivity contribution is -0.384. The fraction of sp³-hybridized carbons (Fsp3) is 0.524. The number of non-ortho nitro benzene ring substituents is 1. The van der Waals surface area contributed by atoms with Crippen molar-refractivity contribution in [2.75, 3.05) is 20.1 Å². The van der Waals surface area contributed by atoms with Crippen LogP contribution in [0, 0.1) is 29.9 Å². The number of sulfonamides is 1. The van der Waals surface area contributed by atoms with E-state index in [1.54, 1.807) is 11.9 Å². The Morgan fingerprint density at radius 1 is 1.22 bits per heavy atom. The molecule has 2 heterocycles. The van der Waals surface area contributed by atoms with E-state index in [1.807, 2.05) is 25.5 Å². The molecule has 0 spiro atoms. The van der Waals surface area contributed by atoms with Crippen molar-refractivity contribution in [2.24, 2.45) is 5.92 Å². The van der Waals surface area contributed by atoms with Gasteiger partial charge in [0.2, 0.25) is 15.9 Å². The second kappa shape index (κ2) is 9.37. The molecule has 1 fully saturated rings. The van der Waals surface area contributed by atoms with Crippen LogP contribution in [0.3, 0.4) is 0 Å². The molecule has 0 bridgehead atoms. The molecule has 2 aromatic rings. The Morgan fingerprint density at radius 2 is 1.81 bits per heavy atom. The van der Waals surface area contributed by atoms with Gasteiger partial charge < -0.3 is 4.90 Å². The van der Waals surface area contributed by atoms with Crippen LogP contribution in [-0.4, -0.2) is 58.4 Å². The highest BCUT2D eigenvalue weighted by atomic mass is 32.2. The Hall–Kier alpha value is -2.79. The summed E-state index contributed by atoms with van der Waals surface area (Å²) < 4.78 is 29.0. The molecule has 0 saturated carbocycles. The fourth-order valence-electron chi connectivity index (χ4n) is 4.13. The van der Waals surface area contributed by atoms with Gasteiger partial charge >= 0.3 is 0 Å². The van der Waals surface area contributed by atoms with Gasteiger partial charge in [-0.1, -0.05) is 0 Å². The number of amides is 1. The van der Waals surface area contributed by atoms with E-state index in [4.69, 9.17) is 0 Å². The molecule has 1 aliphatic rings. The van der Waals surface area contributed by atoms with E-state index in [-0.39, 0.29) is 35.5 Å². The number of hydrogen-bond donors (Lipinski definition) is 0. The zero-order chi connectivity index (χ0) is 23.6. The van der Waals surface area contributed by atoms with Crippen LogP contribution in [0.25, 0.3) is 0 Å². The summed E-state index contributed by atoms with van der Waals surface area (Å²) in [7, 11) is -1.99. The van der Waals surface area contributed by atoms with Gasteiger partial charge in [0.1, 0.15) is 0 Å². The number of aryl methyl sites for hydroxylation is 2. The molecule has 1 aromatic carbocycles. The molecular formula is C21H29N5O5S. The number of nitrogens with zero attached hydrogens (tertiary/aromatic N) is 5. The monoisotopic (exact) mass is 463 g/mol. The minimum atomic E-state index is -3.76. The number of hydrogen-bond acceptors (Lipinski definition) is 6. The topological polar surface area (TPSA) is 119 Å². The highest BCUT2D eigenvalue weighted by Gasteiger charge is 2.33. The maximum atomic E-state index is 13.0. The van der Waals surface area contributed by atoms with Gasteiger partial charge in [0, 0.05) is 62.5 Å². The van der Waals surface area contributed by atoms with Crippen LogP contribution < -0.4 is 0 Å². The van der Waals surface area contributed by atoms with Crippen molar-refractivity contribution >= 4 is 21.6 Å². The van der Waals surface area contributed by atoms with Gasteiger partial charge in [-0.25, -0.2) is 8.42 Å². The van der Waals surface area contributed by atoms with Gasteiger partial charge in [0.05, 0.1) is 15.5 Å². The third-order valence-electron chi connectivity index (χ3n) is 6.09. The molecule has 0 unspecified atom stereocenters. The summed E-state index contributed by atoms with van der Waals surface area (Å²) in [6, 6.07) is 4.87. The van der Waals surface area contributed by atoms with Gasteiger partial charge in [-0.05, 0) is 45.7 Å². The van der Waals surface area contributed by atoms with Gasteiger partial charge in [-0.3, -0.25) is 19.6 Å². The van der Waals surface area contributed by atoms with Crippen molar-refractivity contribution in [3.63, 3.8) is 0 Å². The molecule has 1 aromatic heterocycles. The number of nitro groups is 1. The van der Waals surface area contributed by atoms with E-state index < -0.39 is 14.9 Å². The first-order valence-electron chi connectivity index (χ1n) is 10.6. The average molecular weight is 464 g/mol. The van der Waals surface area contributed by atoms with Crippen LogP contribution in [0.5, 0.6) is 0 Å². The second-order valence-corrected chi connectivity index (χ2v) is 10.0. The maximum absolute atomic E-state index is 13.0. The van der Waals surface area contributed by atoms with E-state index in [9.17, 15) is 23.3 Å². The Kier molecular flexibility index (Phi) is 6.99. The first-order valence-corrected chi connectivity index (χ1v) is 12.0. The first-order chi connectivity index (χ1) is 15.1. The molecule has 10 nitrogen and oxygen atoms in total. The Morgan fingerprint density at radius 3 is 2.31 bits per heavy atom. The zero-order valence-electron chi connectivity index (χ0n) is 18.8. The summed E-state index contributed by atoms with van der Waals surface area (Å²) in [6.45, 7) is 7.66. The van der Waals surface area contributed by atoms with E-state index in [1.165, 1.54) is 28.6 Å². The Labute approximate surface area is 188 Å². The van der Waals surface area contributed by atoms with Gasteiger partial charge in [0.25, 0.3) is 5.69 Å². The highest BCUT2D eigenvalue weighted by Crippen LogP contribution is 2.27. The van der Waals surface area contributed by atoms with Crippen LogP contribution in [0.15, 0.2) is 29.2 Å². The molecule has 3 rings (SSSR count). The molecule has 0 radical (unpaired) electrons. The third-order valence-corrected chi connectivity index (χ3v) is 8.00. The van der Waals surface area contributed by atoms with Crippen molar-refractivity contribution in [3.8, 4) is 0 Å².